The molecule has 1 fully saturated rings. The number of carbonyl (C=O) groups excluding carboxylic acids is 1. The molecule has 1 saturated heterocycles. The number of benzene rings is 2. The van der Waals surface area contributed by atoms with Gasteiger partial charge in [-0.2, -0.15) is 9.90 Å². The number of nitrogens with one attached hydrogen (secondary N) is 1. The van der Waals surface area contributed by atoms with E-state index in [9.17, 15) is 4.79 Å². The second-order valence-corrected chi connectivity index (χ2v) is 6.69. The molecule has 2 heterocycles. The Morgan fingerprint density at radius 3 is 2.50 bits per heavy atom. The van der Waals surface area contributed by atoms with Crippen LogP contribution in [0.2, 0.25) is 0 Å². The van der Waals surface area contributed by atoms with Gasteiger partial charge in [0.05, 0.1) is 25.1 Å². The van der Waals surface area contributed by atoms with Gasteiger partial charge in [0, 0.05) is 26.2 Å². The van der Waals surface area contributed by atoms with Gasteiger partial charge in [-0.15, -0.1) is 5.10 Å². The van der Waals surface area contributed by atoms with E-state index in [2.05, 4.69) is 32.5 Å². The summed E-state index contributed by atoms with van der Waals surface area (Å²) in [6.07, 6.45) is 1.49. The fourth-order valence-electron chi connectivity index (χ4n) is 3.20. The minimum absolute atomic E-state index is 0.233. The Balaban J connectivity index is 1.39. The number of morpholine rings is 1. The first-order valence-electron chi connectivity index (χ1n) is 9.42. The molecule has 7 nitrogen and oxygen atoms in total. The second-order valence-electron chi connectivity index (χ2n) is 6.69. The number of hydrogen-bond donors (Lipinski definition) is 1. The van der Waals surface area contributed by atoms with Crippen LogP contribution in [0, 0.1) is 0 Å². The van der Waals surface area contributed by atoms with Gasteiger partial charge in [-0.1, -0.05) is 42.5 Å². The van der Waals surface area contributed by atoms with Gasteiger partial charge in [0.1, 0.15) is 0 Å². The average molecular weight is 377 g/mol. The molecule has 3 aromatic rings. The van der Waals surface area contributed by atoms with E-state index >= 15 is 0 Å². The van der Waals surface area contributed by atoms with Gasteiger partial charge >= 0.3 is 0 Å². The summed E-state index contributed by atoms with van der Waals surface area (Å²) in [5.41, 5.74) is 3.45. The highest BCUT2D eigenvalue weighted by Crippen LogP contribution is 2.13. The van der Waals surface area contributed by atoms with Crippen LogP contribution < -0.4 is 5.32 Å². The molecule has 144 valence electrons. The fourth-order valence-corrected chi connectivity index (χ4v) is 3.20. The highest BCUT2D eigenvalue weighted by atomic mass is 16.5. The molecule has 2 aromatic carbocycles. The predicted octanol–water partition coefficient (Wildman–Crippen LogP) is 2.03. The van der Waals surface area contributed by atoms with Crippen LogP contribution in [0.3, 0.4) is 0 Å². The van der Waals surface area contributed by atoms with Gasteiger partial charge in [0.25, 0.3) is 5.91 Å². The van der Waals surface area contributed by atoms with Gasteiger partial charge in [-0.05, 0) is 23.3 Å². The zero-order valence-electron chi connectivity index (χ0n) is 15.6. The SMILES string of the molecule is O=C(NCc1ccccc1CN1CCOCC1)c1cnn(-c2ccccc2)n1. The van der Waals surface area contributed by atoms with Gasteiger partial charge < -0.3 is 10.1 Å². The standard InChI is InChI=1S/C21H23N5O2/c27-21(20-15-23-26(24-20)19-8-2-1-3-9-19)22-14-17-6-4-5-7-18(17)16-25-10-12-28-13-11-25/h1-9,15H,10-14,16H2,(H,22,27). The van der Waals surface area contributed by atoms with E-state index in [4.69, 9.17) is 4.74 Å². The first-order chi connectivity index (χ1) is 13.8. The highest BCUT2D eigenvalue weighted by molar-refractivity contribution is 5.91. The van der Waals surface area contributed by atoms with E-state index in [1.165, 1.54) is 16.6 Å². The number of ether oxygens (including phenoxy) is 1. The van der Waals surface area contributed by atoms with Crippen molar-refractivity contribution in [2.24, 2.45) is 0 Å². The smallest absolute Gasteiger partial charge is 0.273 e. The molecule has 4 rings (SSSR count). The van der Waals surface area contributed by atoms with Crippen LogP contribution in [0.1, 0.15) is 21.6 Å². The highest BCUT2D eigenvalue weighted by Gasteiger charge is 2.15. The maximum Gasteiger partial charge on any atom is 0.273 e. The van der Waals surface area contributed by atoms with Crippen molar-refractivity contribution in [1.82, 2.24) is 25.2 Å². The number of para-hydroxylation sites is 1. The molecule has 0 unspecified atom stereocenters. The van der Waals surface area contributed by atoms with Crippen LogP contribution in [0.25, 0.3) is 5.69 Å². The number of carbonyl (C=O) groups is 1. The summed E-state index contributed by atoms with van der Waals surface area (Å²) >= 11 is 0. The molecule has 1 aliphatic heterocycles. The number of amides is 1. The predicted molar refractivity (Wildman–Crippen MR) is 105 cm³/mol. The van der Waals surface area contributed by atoms with Crippen LogP contribution in [0.4, 0.5) is 0 Å². The van der Waals surface area contributed by atoms with E-state index in [1.807, 2.05) is 42.5 Å². The summed E-state index contributed by atoms with van der Waals surface area (Å²) in [6, 6.07) is 17.7. The summed E-state index contributed by atoms with van der Waals surface area (Å²) in [5.74, 6) is -0.233. The van der Waals surface area contributed by atoms with Crippen LogP contribution in [-0.4, -0.2) is 52.1 Å². The molecule has 0 spiro atoms. The van der Waals surface area contributed by atoms with E-state index in [-0.39, 0.29) is 5.91 Å². The van der Waals surface area contributed by atoms with E-state index in [1.54, 1.807) is 0 Å². The summed E-state index contributed by atoms with van der Waals surface area (Å²) in [7, 11) is 0. The van der Waals surface area contributed by atoms with Gasteiger partial charge in [-0.3, -0.25) is 9.69 Å². The van der Waals surface area contributed by atoms with E-state index < -0.39 is 0 Å². The molecule has 1 aliphatic rings. The number of nitrogens with zero attached hydrogens (tertiary/aromatic N) is 4. The quantitative estimate of drug-likeness (QED) is 0.712. The third kappa shape index (κ3) is 4.44. The molecule has 28 heavy (non-hydrogen) atoms. The van der Waals surface area contributed by atoms with Gasteiger partial charge in [0.15, 0.2) is 5.69 Å². The molecule has 0 radical (unpaired) electrons. The van der Waals surface area contributed by atoms with Crippen molar-refractivity contribution in [3.63, 3.8) is 0 Å². The zero-order chi connectivity index (χ0) is 19.2. The summed E-state index contributed by atoms with van der Waals surface area (Å²) < 4.78 is 5.42. The maximum atomic E-state index is 12.5. The number of rotatable bonds is 6. The maximum absolute atomic E-state index is 12.5. The molecule has 1 N–H and O–H groups in total. The largest absolute Gasteiger partial charge is 0.379 e. The molecule has 0 aliphatic carbocycles. The molecule has 7 heteroatoms. The van der Waals surface area contributed by atoms with Crippen molar-refractivity contribution in [3.05, 3.63) is 77.6 Å². The van der Waals surface area contributed by atoms with Crippen molar-refractivity contribution in [3.8, 4) is 5.69 Å². The monoisotopic (exact) mass is 377 g/mol. The molecule has 0 atom stereocenters. The van der Waals surface area contributed by atoms with Crippen LogP contribution >= 0.6 is 0 Å². The third-order valence-electron chi connectivity index (χ3n) is 4.77. The van der Waals surface area contributed by atoms with Crippen molar-refractivity contribution < 1.29 is 9.53 Å². The molecule has 1 amide bonds. The minimum Gasteiger partial charge on any atom is -0.379 e. The number of hydrogen-bond acceptors (Lipinski definition) is 5. The normalized spacial score (nSPS) is 14.7. The van der Waals surface area contributed by atoms with Gasteiger partial charge in [0.2, 0.25) is 0 Å². The van der Waals surface area contributed by atoms with E-state index in [0.29, 0.717) is 12.2 Å². The molecular weight excluding hydrogens is 354 g/mol. The van der Waals surface area contributed by atoms with Crippen molar-refractivity contribution >= 4 is 5.91 Å². The minimum atomic E-state index is -0.233. The number of aromatic nitrogens is 3. The van der Waals surface area contributed by atoms with Crippen LogP contribution in [0.5, 0.6) is 0 Å². The van der Waals surface area contributed by atoms with Crippen LogP contribution in [-0.2, 0) is 17.8 Å². The Morgan fingerprint density at radius 1 is 1.00 bits per heavy atom. The van der Waals surface area contributed by atoms with Crippen LogP contribution in [0.15, 0.2) is 60.8 Å². The lowest BCUT2D eigenvalue weighted by atomic mass is 10.1. The first-order valence-corrected chi connectivity index (χ1v) is 9.42. The molecule has 0 bridgehead atoms. The zero-order valence-corrected chi connectivity index (χ0v) is 15.6. The Morgan fingerprint density at radius 2 is 1.71 bits per heavy atom. The first kappa shape index (κ1) is 18.3. The second kappa shape index (κ2) is 8.77. The fraction of sp³-hybridized carbons (Fsp3) is 0.286. The van der Waals surface area contributed by atoms with Crippen molar-refractivity contribution in [2.75, 3.05) is 26.3 Å². The Hall–Kier alpha value is -3.03. The lowest BCUT2D eigenvalue weighted by Gasteiger charge is -2.27. The summed E-state index contributed by atoms with van der Waals surface area (Å²) in [6.45, 7) is 4.73. The average Bonchev–Trinajstić information content (AvgIpc) is 3.25. The van der Waals surface area contributed by atoms with Gasteiger partial charge in [-0.25, -0.2) is 0 Å². The topological polar surface area (TPSA) is 72.3 Å². The Labute approximate surface area is 163 Å². The van der Waals surface area contributed by atoms with Crippen molar-refractivity contribution in [1.29, 1.82) is 0 Å². The molecule has 0 saturated carbocycles. The lowest BCUT2D eigenvalue weighted by molar-refractivity contribution is 0.0340. The Kier molecular flexibility index (Phi) is 5.75. The summed E-state index contributed by atoms with van der Waals surface area (Å²) in [5, 5.41) is 11.4. The third-order valence-corrected chi connectivity index (χ3v) is 4.77. The summed E-state index contributed by atoms with van der Waals surface area (Å²) in [4.78, 5) is 16.3. The molecular formula is C21H23N5O2. The van der Waals surface area contributed by atoms with E-state index in [0.717, 1.165) is 44.1 Å². The lowest BCUT2D eigenvalue weighted by Crippen LogP contribution is -2.36. The molecule has 1 aromatic heterocycles. The van der Waals surface area contributed by atoms with Crippen molar-refractivity contribution in [2.45, 2.75) is 13.1 Å². The Bertz CT molecular complexity index is 919.